The molecule has 0 spiro atoms. The lowest BCUT2D eigenvalue weighted by atomic mass is 9.85. The molecule has 0 bridgehead atoms. The average molecular weight is 1110 g/mol. The zero-order chi connectivity index (χ0) is 57.5. The molecule has 8 atom stereocenters. The van der Waals surface area contributed by atoms with Crippen LogP contribution >= 0.6 is 0 Å². The largest absolute Gasteiger partial charge is 0.391 e. The molecular formula is C56H86N10O11S. The second-order valence-corrected chi connectivity index (χ2v) is 23.1. The fraction of sp³-hybridized carbons (Fsp3) is 0.625. The maximum absolute atomic E-state index is 14.9. The molecule has 7 N–H and O–H groups in total. The zero-order valence-corrected chi connectivity index (χ0v) is 47.7. The Hall–Kier alpha value is -6.26. The Labute approximate surface area is 461 Å². The van der Waals surface area contributed by atoms with Crippen LogP contribution in [0.5, 0.6) is 0 Å². The topological polar surface area (TPSA) is 293 Å². The van der Waals surface area contributed by atoms with E-state index in [-0.39, 0.29) is 80.7 Å². The summed E-state index contributed by atoms with van der Waals surface area (Å²) in [4.78, 5) is 113. The number of H-pyrrole nitrogens is 1. The standard InChI is InChI=1S/C56H86N10O11S/c1-9-39(6)51(55(73)59-35-41-22-17-18-26-58-41)63-52(70)43(38(4)5)33-48(67)44(30-37(2)3)61-54(72)47(32-42-34-57-36-60-42)65(8)56(74)45(31-40-20-13-12-14-21-40)62-53(71)46-23-19-27-66(46)50(69)25-16-11-10-15-24-49(68)64(7)28-29-78(75,76)77/h12-14,17-18,20-22,26,34,36-39,43-48,51,67H,9-11,15-16,19,23-25,27-33,35H2,1-8H3,(H,57,60)(H,59,73)(H,61,72)(H,62,71)(H,63,70)(H,75,76,77). The highest BCUT2D eigenvalue weighted by Gasteiger charge is 2.40. The number of likely N-dealkylation sites (N-methyl/N-ethyl adjacent to an activating group) is 1. The Bertz CT molecular complexity index is 2480. The summed E-state index contributed by atoms with van der Waals surface area (Å²) in [6, 6.07) is 9.65. The Morgan fingerprint density at radius 3 is 2.15 bits per heavy atom. The predicted octanol–water partition coefficient (Wildman–Crippen LogP) is 3.98. The van der Waals surface area contributed by atoms with Crippen LogP contribution in [0.1, 0.15) is 129 Å². The summed E-state index contributed by atoms with van der Waals surface area (Å²) in [5.74, 6) is -4.65. The van der Waals surface area contributed by atoms with Gasteiger partial charge in [-0.25, -0.2) is 4.98 Å². The number of unbranched alkanes of at least 4 members (excludes halogenated alkanes) is 3. The fourth-order valence-corrected chi connectivity index (χ4v) is 10.1. The molecule has 0 radical (unpaired) electrons. The van der Waals surface area contributed by atoms with Crippen LogP contribution in [0, 0.1) is 23.7 Å². The summed E-state index contributed by atoms with van der Waals surface area (Å²) in [5, 5.41) is 23.9. The molecule has 7 amide bonds. The lowest BCUT2D eigenvalue weighted by Gasteiger charge is -2.35. The maximum Gasteiger partial charge on any atom is 0.266 e. The molecule has 2 aromatic heterocycles. The van der Waals surface area contributed by atoms with Gasteiger partial charge in [-0.05, 0) is 74.0 Å². The summed E-state index contributed by atoms with van der Waals surface area (Å²) >= 11 is 0. The number of pyridine rings is 1. The number of likely N-dealkylation sites (tertiary alicyclic amines) is 1. The number of carbonyl (C=O) groups excluding carboxylic acids is 7. The van der Waals surface area contributed by atoms with Crippen LogP contribution in [0.25, 0.3) is 0 Å². The summed E-state index contributed by atoms with van der Waals surface area (Å²) in [6.07, 6.45) is 8.07. The van der Waals surface area contributed by atoms with E-state index >= 15 is 0 Å². The summed E-state index contributed by atoms with van der Waals surface area (Å²) in [6.45, 7) is 11.9. The van der Waals surface area contributed by atoms with Gasteiger partial charge >= 0.3 is 0 Å². The van der Waals surface area contributed by atoms with E-state index in [0.717, 1.165) is 5.56 Å². The van der Waals surface area contributed by atoms with E-state index in [4.69, 9.17) is 4.55 Å². The molecule has 1 aliphatic rings. The molecule has 4 rings (SSSR count). The van der Waals surface area contributed by atoms with Crippen molar-refractivity contribution in [1.82, 2.24) is 50.9 Å². The Balaban J connectivity index is 1.48. The Morgan fingerprint density at radius 1 is 0.846 bits per heavy atom. The molecule has 1 fully saturated rings. The first-order valence-corrected chi connectivity index (χ1v) is 29.1. The Kier molecular flexibility index (Phi) is 26.3. The number of aliphatic hydroxyl groups is 1. The van der Waals surface area contributed by atoms with E-state index in [1.54, 1.807) is 29.4 Å². The van der Waals surface area contributed by atoms with Crippen molar-refractivity contribution in [3.05, 3.63) is 84.2 Å². The molecule has 3 aromatic rings. The van der Waals surface area contributed by atoms with Crippen molar-refractivity contribution in [3.63, 3.8) is 0 Å². The predicted molar refractivity (Wildman–Crippen MR) is 295 cm³/mol. The number of hydrogen-bond acceptors (Lipinski definition) is 12. The first-order valence-electron chi connectivity index (χ1n) is 27.5. The molecule has 0 aliphatic carbocycles. The minimum Gasteiger partial charge on any atom is -0.391 e. The van der Waals surface area contributed by atoms with Crippen LogP contribution < -0.4 is 21.3 Å². The molecule has 78 heavy (non-hydrogen) atoms. The number of hydrogen-bond donors (Lipinski definition) is 7. The first kappa shape index (κ1) is 64.3. The molecule has 1 aliphatic heterocycles. The van der Waals surface area contributed by atoms with Crippen molar-refractivity contribution >= 4 is 51.5 Å². The number of aliphatic hydroxyl groups excluding tert-OH is 1. The van der Waals surface area contributed by atoms with Gasteiger partial charge in [0.05, 0.1) is 36.5 Å². The third-order valence-electron chi connectivity index (χ3n) is 14.6. The first-order chi connectivity index (χ1) is 37.0. The monoisotopic (exact) mass is 1110 g/mol. The molecular weight excluding hydrogens is 1020 g/mol. The van der Waals surface area contributed by atoms with Gasteiger partial charge in [-0.3, -0.25) is 43.1 Å². The van der Waals surface area contributed by atoms with E-state index in [2.05, 4.69) is 36.2 Å². The average Bonchev–Trinajstić information content (AvgIpc) is 4.14. The second kappa shape index (κ2) is 32.0. The van der Waals surface area contributed by atoms with E-state index in [0.29, 0.717) is 69.3 Å². The van der Waals surface area contributed by atoms with Crippen LogP contribution in [-0.4, -0.2) is 158 Å². The molecule has 1 saturated heterocycles. The van der Waals surface area contributed by atoms with Crippen molar-refractivity contribution < 1.29 is 51.6 Å². The number of carbonyl (C=O) groups is 7. The molecule has 0 saturated carbocycles. The van der Waals surface area contributed by atoms with Crippen LogP contribution in [0.15, 0.2) is 67.3 Å². The lowest BCUT2D eigenvalue weighted by Crippen LogP contribution is -2.59. The molecule has 432 valence electrons. The number of nitrogens with one attached hydrogen (secondary N) is 5. The number of amides is 7. The van der Waals surface area contributed by atoms with E-state index in [1.807, 2.05) is 77.9 Å². The van der Waals surface area contributed by atoms with Crippen LogP contribution in [-0.2, 0) is 63.1 Å². The van der Waals surface area contributed by atoms with Crippen LogP contribution in [0.3, 0.4) is 0 Å². The zero-order valence-electron chi connectivity index (χ0n) is 46.9. The number of imidazole rings is 1. The van der Waals surface area contributed by atoms with Gasteiger partial charge in [0.2, 0.25) is 41.4 Å². The van der Waals surface area contributed by atoms with Gasteiger partial charge in [0.25, 0.3) is 10.1 Å². The van der Waals surface area contributed by atoms with Crippen LogP contribution in [0.4, 0.5) is 0 Å². The van der Waals surface area contributed by atoms with Gasteiger partial charge in [0, 0.05) is 76.9 Å². The summed E-state index contributed by atoms with van der Waals surface area (Å²) in [7, 11) is -1.22. The van der Waals surface area contributed by atoms with Gasteiger partial charge in [-0.1, -0.05) is 97.2 Å². The minimum atomic E-state index is -4.19. The lowest BCUT2D eigenvalue weighted by molar-refractivity contribution is -0.144. The maximum atomic E-state index is 14.9. The van der Waals surface area contributed by atoms with Crippen molar-refractivity contribution in [2.75, 3.05) is 32.9 Å². The number of rotatable bonds is 33. The van der Waals surface area contributed by atoms with Crippen molar-refractivity contribution in [2.45, 2.75) is 168 Å². The minimum absolute atomic E-state index is 0.00366. The normalized spacial score (nSPS) is 16.3. The number of nitrogens with zero attached hydrogens (tertiary/aromatic N) is 5. The number of aromatic nitrogens is 3. The third-order valence-corrected chi connectivity index (χ3v) is 15.3. The quantitative estimate of drug-likeness (QED) is 0.0336. The highest BCUT2D eigenvalue weighted by molar-refractivity contribution is 7.85. The number of benzene rings is 1. The van der Waals surface area contributed by atoms with Gasteiger partial charge in [-0.2, -0.15) is 8.42 Å². The van der Waals surface area contributed by atoms with Crippen molar-refractivity contribution in [3.8, 4) is 0 Å². The molecule has 21 nitrogen and oxygen atoms in total. The number of aromatic amines is 1. The summed E-state index contributed by atoms with van der Waals surface area (Å²) < 4.78 is 31.1. The smallest absolute Gasteiger partial charge is 0.266 e. The van der Waals surface area contributed by atoms with Crippen molar-refractivity contribution in [2.24, 2.45) is 23.7 Å². The van der Waals surface area contributed by atoms with Gasteiger partial charge in [0.15, 0.2) is 0 Å². The van der Waals surface area contributed by atoms with Gasteiger partial charge in [-0.15, -0.1) is 0 Å². The van der Waals surface area contributed by atoms with Crippen LogP contribution in [0.2, 0.25) is 0 Å². The highest BCUT2D eigenvalue weighted by atomic mass is 32.2. The van der Waals surface area contributed by atoms with Crippen molar-refractivity contribution in [1.29, 1.82) is 0 Å². The third kappa shape index (κ3) is 21.2. The summed E-state index contributed by atoms with van der Waals surface area (Å²) in [5.41, 5.74) is 1.96. The van der Waals surface area contributed by atoms with Gasteiger partial charge < -0.3 is 46.1 Å². The molecule has 8 unspecified atom stereocenters. The van der Waals surface area contributed by atoms with E-state index in [1.165, 1.54) is 30.2 Å². The van der Waals surface area contributed by atoms with Gasteiger partial charge in [0.1, 0.15) is 24.2 Å². The second-order valence-electron chi connectivity index (χ2n) is 21.6. The Morgan fingerprint density at radius 2 is 1.54 bits per heavy atom. The highest BCUT2D eigenvalue weighted by Crippen LogP contribution is 2.25. The molecule has 3 heterocycles. The molecule has 1 aromatic carbocycles. The fourth-order valence-electron chi connectivity index (χ4n) is 9.64. The van der Waals surface area contributed by atoms with E-state index in [9.17, 15) is 47.1 Å². The SMILES string of the molecule is CCC(C)C(NC(=O)C(CC(O)C(CC(C)C)NC(=O)C(Cc1cnc[nH]1)N(C)C(=O)C(Cc1ccccc1)NC(=O)C1CCCN1C(=O)CCCCCCC(=O)N(C)CCS(=O)(=O)O)C(C)C)C(=O)NCc1ccccn1. The molecule has 22 heteroatoms. The van der Waals surface area contributed by atoms with E-state index < -0.39 is 81.7 Å².